The lowest BCUT2D eigenvalue weighted by atomic mass is 10.1. The van der Waals surface area contributed by atoms with Crippen LogP contribution in [-0.2, 0) is 16.4 Å². The largest absolute Gasteiger partial charge is 0.493 e. The van der Waals surface area contributed by atoms with E-state index in [0.717, 1.165) is 5.56 Å². The van der Waals surface area contributed by atoms with Crippen molar-refractivity contribution in [3.05, 3.63) is 96.2 Å². The summed E-state index contributed by atoms with van der Waals surface area (Å²) in [5.41, 5.74) is 1.55. The topological polar surface area (TPSA) is 120 Å². The van der Waals surface area contributed by atoms with Gasteiger partial charge in [0.25, 0.3) is 15.9 Å². The Balaban J connectivity index is 1.64. The van der Waals surface area contributed by atoms with Gasteiger partial charge >= 0.3 is 0 Å². The first-order valence-corrected chi connectivity index (χ1v) is 13.6. The average molecular weight is 551 g/mol. The molecule has 1 N–H and O–H groups in total. The maximum Gasteiger partial charge on any atom is 0.281 e. The first-order valence-electron chi connectivity index (χ1n) is 12.2. The Morgan fingerprint density at radius 2 is 1.79 bits per heavy atom. The molecule has 202 valence electrons. The van der Waals surface area contributed by atoms with E-state index in [1.165, 1.54) is 42.6 Å². The van der Waals surface area contributed by atoms with Crippen molar-refractivity contribution in [2.45, 2.75) is 25.3 Å². The fraction of sp³-hybridized carbons (Fsp3) is 0.214. The lowest BCUT2D eigenvalue weighted by molar-refractivity contribution is 0.0976. The van der Waals surface area contributed by atoms with Crippen molar-refractivity contribution in [2.75, 3.05) is 13.2 Å². The van der Waals surface area contributed by atoms with Crippen LogP contribution in [0.5, 0.6) is 11.6 Å². The highest BCUT2D eigenvalue weighted by Crippen LogP contribution is 2.28. The molecule has 9 nitrogen and oxygen atoms in total. The summed E-state index contributed by atoms with van der Waals surface area (Å²) in [6.45, 7) is 4.51. The predicted octanol–water partition coefficient (Wildman–Crippen LogP) is 4.45. The minimum absolute atomic E-state index is 0.107. The van der Waals surface area contributed by atoms with Gasteiger partial charge in [0.05, 0.1) is 18.9 Å². The van der Waals surface area contributed by atoms with Gasteiger partial charge in [-0.1, -0.05) is 19.9 Å². The number of nitrogens with zero attached hydrogens (tertiary/aromatic N) is 3. The van der Waals surface area contributed by atoms with Crippen LogP contribution >= 0.6 is 0 Å². The Morgan fingerprint density at radius 3 is 2.51 bits per heavy atom. The van der Waals surface area contributed by atoms with Crippen molar-refractivity contribution in [1.29, 1.82) is 0 Å². The van der Waals surface area contributed by atoms with Gasteiger partial charge in [0.15, 0.2) is 5.03 Å². The third-order valence-electron chi connectivity index (χ3n) is 5.37. The standard InChI is InChI=1S/C28H27FN4O5S/c1-19(2)18-38-23-16-21(15-22(29)17-23)25-7-6-24(27(34)33-39(35,36)26-5-3-4-11-31-26)28(32-25)37-14-10-20-8-12-30-13-9-20/h3-9,11-13,15-17,19H,10,14,18H2,1-2H3,(H,33,34). The van der Waals surface area contributed by atoms with Gasteiger partial charge in [-0.25, -0.2) is 19.1 Å². The van der Waals surface area contributed by atoms with Crippen LogP contribution in [0.3, 0.4) is 0 Å². The molecule has 1 amide bonds. The van der Waals surface area contributed by atoms with Crippen LogP contribution in [0, 0.1) is 11.7 Å². The molecular formula is C28H27FN4O5S. The lowest BCUT2D eigenvalue weighted by Crippen LogP contribution is -2.31. The number of carbonyl (C=O) groups excluding carboxylic acids is 1. The number of halogens is 1. The van der Waals surface area contributed by atoms with E-state index in [1.54, 1.807) is 24.5 Å². The quantitative estimate of drug-likeness (QED) is 0.291. The number of nitrogens with one attached hydrogen (secondary N) is 1. The van der Waals surface area contributed by atoms with Gasteiger partial charge in [-0.05, 0) is 60.0 Å². The van der Waals surface area contributed by atoms with Crippen molar-refractivity contribution in [3.63, 3.8) is 0 Å². The maximum absolute atomic E-state index is 14.4. The van der Waals surface area contributed by atoms with Crippen molar-refractivity contribution in [3.8, 4) is 22.9 Å². The van der Waals surface area contributed by atoms with Crippen LogP contribution in [-0.4, -0.2) is 42.5 Å². The van der Waals surface area contributed by atoms with Gasteiger partial charge in [0.2, 0.25) is 5.88 Å². The molecule has 11 heteroatoms. The van der Waals surface area contributed by atoms with E-state index in [4.69, 9.17) is 9.47 Å². The van der Waals surface area contributed by atoms with E-state index < -0.39 is 21.7 Å². The molecular weight excluding hydrogens is 523 g/mol. The van der Waals surface area contributed by atoms with Gasteiger partial charge in [-0.3, -0.25) is 9.78 Å². The molecule has 3 aromatic heterocycles. The number of pyridine rings is 3. The second-order valence-electron chi connectivity index (χ2n) is 8.99. The molecule has 0 aliphatic carbocycles. The Morgan fingerprint density at radius 1 is 1.00 bits per heavy atom. The van der Waals surface area contributed by atoms with E-state index in [9.17, 15) is 17.6 Å². The van der Waals surface area contributed by atoms with Crippen LogP contribution in [0.15, 0.2) is 84.3 Å². The summed E-state index contributed by atoms with van der Waals surface area (Å²) >= 11 is 0. The summed E-state index contributed by atoms with van der Waals surface area (Å²) in [5, 5.41) is -0.309. The van der Waals surface area contributed by atoms with Crippen LogP contribution in [0.25, 0.3) is 11.3 Å². The molecule has 3 heterocycles. The zero-order valence-corrected chi connectivity index (χ0v) is 22.2. The number of hydrogen-bond donors (Lipinski definition) is 1. The summed E-state index contributed by atoms with van der Waals surface area (Å²) in [6, 6.07) is 15.0. The molecule has 39 heavy (non-hydrogen) atoms. The molecule has 0 atom stereocenters. The second kappa shape index (κ2) is 12.4. The smallest absolute Gasteiger partial charge is 0.281 e. The van der Waals surface area contributed by atoms with Crippen LogP contribution in [0.1, 0.15) is 29.8 Å². The normalized spacial score (nSPS) is 11.3. The molecule has 0 radical (unpaired) electrons. The summed E-state index contributed by atoms with van der Waals surface area (Å²) < 4.78 is 53.3. The SMILES string of the molecule is CC(C)COc1cc(F)cc(-c2ccc(C(=O)NS(=O)(=O)c3ccccn3)c(OCCc3ccncc3)n2)c1. The number of aromatic nitrogens is 3. The van der Waals surface area contributed by atoms with Gasteiger partial charge < -0.3 is 9.47 Å². The highest BCUT2D eigenvalue weighted by molar-refractivity contribution is 7.90. The molecule has 0 aliphatic heterocycles. The van der Waals surface area contributed by atoms with Crippen molar-refractivity contribution in [1.82, 2.24) is 19.7 Å². The summed E-state index contributed by atoms with van der Waals surface area (Å²) in [6.07, 6.45) is 5.09. The van der Waals surface area contributed by atoms with Gasteiger partial charge in [0, 0.05) is 36.6 Å². The zero-order chi connectivity index (χ0) is 27.8. The van der Waals surface area contributed by atoms with Crippen molar-refractivity contribution in [2.24, 2.45) is 5.92 Å². The van der Waals surface area contributed by atoms with Crippen molar-refractivity contribution >= 4 is 15.9 Å². The molecule has 0 unspecified atom stereocenters. The first-order chi connectivity index (χ1) is 18.7. The molecule has 4 rings (SSSR count). The maximum atomic E-state index is 14.4. The van der Waals surface area contributed by atoms with E-state index in [1.807, 2.05) is 30.7 Å². The number of ether oxygens (including phenoxy) is 2. The van der Waals surface area contributed by atoms with Gasteiger partial charge in [-0.2, -0.15) is 8.42 Å². The van der Waals surface area contributed by atoms with Gasteiger partial charge in [-0.15, -0.1) is 0 Å². The third kappa shape index (κ3) is 7.57. The summed E-state index contributed by atoms with van der Waals surface area (Å²) in [4.78, 5) is 25.3. The Kier molecular flexibility index (Phi) is 8.82. The van der Waals surface area contributed by atoms with E-state index in [2.05, 4.69) is 15.0 Å². The van der Waals surface area contributed by atoms with Crippen LogP contribution in [0.4, 0.5) is 4.39 Å². The Hall–Kier alpha value is -4.38. The molecule has 0 fully saturated rings. The first kappa shape index (κ1) is 27.6. The Labute approximate surface area is 226 Å². The molecule has 4 aromatic rings. The number of rotatable bonds is 11. The van der Waals surface area contributed by atoms with E-state index in [0.29, 0.717) is 30.0 Å². The van der Waals surface area contributed by atoms with E-state index >= 15 is 0 Å². The monoisotopic (exact) mass is 550 g/mol. The molecule has 0 spiro atoms. The highest BCUT2D eigenvalue weighted by atomic mass is 32.2. The predicted molar refractivity (Wildman–Crippen MR) is 142 cm³/mol. The number of benzene rings is 1. The number of carbonyl (C=O) groups is 1. The summed E-state index contributed by atoms with van der Waals surface area (Å²) in [7, 11) is -4.24. The highest BCUT2D eigenvalue weighted by Gasteiger charge is 2.23. The molecule has 0 bridgehead atoms. The Bertz CT molecular complexity index is 1530. The van der Waals surface area contributed by atoms with Crippen LogP contribution < -0.4 is 14.2 Å². The molecule has 0 saturated carbocycles. The molecule has 0 aliphatic rings. The fourth-order valence-electron chi connectivity index (χ4n) is 3.49. The lowest BCUT2D eigenvalue weighted by Gasteiger charge is -2.14. The number of amides is 1. The summed E-state index contributed by atoms with van der Waals surface area (Å²) in [5.74, 6) is -0.987. The average Bonchev–Trinajstić information content (AvgIpc) is 2.92. The zero-order valence-electron chi connectivity index (χ0n) is 21.4. The van der Waals surface area contributed by atoms with Crippen molar-refractivity contribution < 1.29 is 27.1 Å². The third-order valence-corrected chi connectivity index (χ3v) is 6.62. The van der Waals surface area contributed by atoms with Crippen LogP contribution in [0.2, 0.25) is 0 Å². The number of hydrogen-bond acceptors (Lipinski definition) is 8. The number of sulfonamides is 1. The molecule has 1 aromatic carbocycles. The van der Waals surface area contributed by atoms with Gasteiger partial charge in [0.1, 0.15) is 17.1 Å². The second-order valence-corrected chi connectivity index (χ2v) is 10.6. The molecule has 0 saturated heterocycles. The van der Waals surface area contributed by atoms with E-state index in [-0.39, 0.29) is 29.0 Å². The fourth-order valence-corrected chi connectivity index (χ4v) is 4.41. The minimum atomic E-state index is -4.24. The minimum Gasteiger partial charge on any atom is -0.493 e.